The van der Waals surface area contributed by atoms with Crippen molar-refractivity contribution in [2.75, 3.05) is 25.5 Å². The number of hydrogen-bond acceptors (Lipinski definition) is 3. The van der Waals surface area contributed by atoms with Gasteiger partial charge in [0.2, 0.25) is 5.91 Å². The van der Waals surface area contributed by atoms with Gasteiger partial charge in [0.25, 0.3) is 0 Å². The minimum Gasteiger partial charge on any atom is -0.345 e. The summed E-state index contributed by atoms with van der Waals surface area (Å²) >= 11 is 11.8. The van der Waals surface area contributed by atoms with E-state index in [-0.39, 0.29) is 24.8 Å². The van der Waals surface area contributed by atoms with Crippen LogP contribution in [0.3, 0.4) is 0 Å². The average molecular weight is 408 g/mol. The number of halogens is 2. The standard InChI is InChI=1S/C20H23Cl2N3O2/c1-12-8-16(13(2)25(12)15-5-6-15)19(26)10-24(3)11-20(27)23-14-4-7-17(21)18(22)9-14/h4,7-9,15H,5-6,10-11H2,1-3H3,(H,23,27). The number of hydrogen-bond donors (Lipinski definition) is 1. The molecule has 1 N–H and O–H groups in total. The summed E-state index contributed by atoms with van der Waals surface area (Å²) in [6.45, 7) is 4.32. The Morgan fingerprint density at radius 3 is 2.48 bits per heavy atom. The second-order valence-corrected chi connectivity index (χ2v) is 7.97. The second kappa shape index (κ2) is 8.05. The summed E-state index contributed by atoms with van der Waals surface area (Å²) in [5.74, 6) is -0.188. The molecule has 2 aromatic rings. The molecule has 0 unspecified atom stereocenters. The van der Waals surface area contributed by atoms with E-state index in [0.29, 0.717) is 21.8 Å². The molecular formula is C20H23Cl2N3O2. The number of benzene rings is 1. The van der Waals surface area contributed by atoms with Gasteiger partial charge in [-0.1, -0.05) is 23.2 Å². The Morgan fingerprint density at radius 1 is 1.15 bits per heavy atom. The molecule has 5 nitrogen and oxygen atoms in total. The normalized spacial score (nSPS) is 13.9. The van der Waals surface area contributed by atoms with Crippen molar-refractivity contribution in [3.8, 4) is 0 Å². The predicted octanol–water partition coefficient (Wildman–Crippen LogP) is 4.50. The quantitative estimate of drug-likeness (QED) is 0.687. The van der Waals surface area contributed by atoms with E-state index < -0.39 is 0 Å². The highest BCUT2D eigenvalue weighted by molar-refractivity contribution is 6.42. The number of anilines is 1. The zero-order valence-corrected chi connectivity index (χ0v) is 17.2. The summed E-state index contributed by atoms with van der Waals surface area (Å²) in [6.07, 6.45) is 2.36. The number of carbonyl (C=O) groups excluding carboxylic acids is 2. The van der Waals surface area contributed by atoms with Crippen LogP contribution in [0, 0.1) is 13.8 Å². The number of ketones is 1. The number of Topliss-reactive ketones (excluding diaryl/α,β-unsaturated/α-hetero) is 1. The summed E-state index contributed by atoms with van der Waals surface area (Å²) in [7, 11) is 1.76. The number of nitrogens with one attached hydrogen (secondary N) is 1. The van der Waals surface area contributed by atoms with Gasteiger partial charge in [-0.25, -0.2) is 0 Å². The van der Waals surface area contributed by atoms with Crippen LogP contribution in [0.4, 0.5) is 5.69 Å². The number of likely N-dealkylation sites (N-methyl/N-ethyl adjacent to an activating group) is 1. The van der Waals surface area contributed by atoms with Crippen molar-refractivity contribution in [2.45, 2.75) is 32.7 Å². The van der Waals surface area contributed by atoms with E-state index in [1.807, 2.05) is 19.9 Å². The molecule has 0 saturated heterocycles. The SMILES string of the molecule is Cc1cc(C(=O)CN(C)CC(=O)Nc2ccc(Cl)c(Cl)c2)c(C)n1C1CC1. The van der Waals surface area contributed by atoms with Crippen LogP contribution in [-0.4, -0.2) is 41.3 Å². The molecule has 3 rings (SSSR count). The molecule has 1 aliphatic rings. The topological polar surface area (TPSA) is 54.3 Å². The molecule has 1 fully saturated rings. The van der Waals surface area contributed by atoms with Crippen molar-refractivity contribution in [3.05, 3.63) is 51.3 Å². The van der Waals surface area contributed by atoms with Crippen molar-refractivity contribution in [3.63, 3.8) is 0 Å². The third kappa shape index (κ3) is 4.72. The Bertz CT molecular complexity index is 888. The van der Waals surface area contributed by atoms with Crippen molar-refractivity contribution < 1.29 is 9.59 Å². The first-order valence-electron chi connectivity index (χ1n) is 8.91. The summed E-state index contributed by atoms with van der Waals surface area (Å²) in [5, 5.41) is 3.57. The zero-order valence-electron chi connectivity index (χ0n) is 15.7. The van der Waals surface area contributed by atoms with E-state index in [1.54, 1.807) is 30.1 Å². The monoisotopic (exact) mass is 407 g/mol. The number of nitrogens with zero attached hydrogens (tertiary/aromatic N) is 2. The van der Waals surface area contributed by atoms with Crippen LogP contribution in [0.1, 0.15) is 40.6 Å². The van der Waals surface area contributed by atoms with Gasteiger partial charge in [0, 0.05) is 28.7 Å². The fourth-order valence-corrected chi connectivity index (χ4v) is 3.66. The lowest BCUT2D eigenvalue weighted by molar-refractivity contribution is -0.116. The fourth-order valence-electron chi connectivity index (χ4n) is 3.36. The Kier molecular flexibility index (Phi) is 5.94. The first kappa shape index (κ1) is 19.9. The molecule has 1 saturated carbocycles. The molecule has 1 aliphatic carbocycles. The summed E-state index contributed by atoms with van der Waals surface area (Å²) < 4.78 is 2.25. The number of rotatable bonds is 7. The highest BCUT2D eigenvalue weighted by Gasteiger charge is 2.28. The van der Waals surface area contributed by atoms with Crippen molar-refractivity contribution >= 4 is 40.6 Å². The van der Waals surface area contributed by atoms with Crippen molar-refractivity contribution in [1.29, 1.82) is 0 Å². The third-order valence-electron chi connectivity index (χ3n) is 4.73. The van der Waals surface area contributed by atoms with E-state index in [4.69, 9.17) is 23.2 Å². The van der Waals surface area contributed by atoms with Gasteiger partial charge >= 0.3 is 0 Å². The summed E-state index contributed by atoms with van der Waals surface area (Å²) in [4.78, 5) is 26.6. The largest absolute Gasteiger partial charge is 0.345 e. The van der Waals surface area contributed by atoms with Gasteiger partial charge < -0.3 is 9.88 Å². The number of amides is 1. The van der Waals surface area contributed by atoms with Gasteiger partial charge in [-0.05, 0) is 58.0 Å². The number of carbonyl (C=O) groups is 2. The smallest absolute Gasteiger partial charge is 0.238 e. The molecule has 1 aromatic heterocycles. The molecule has 27 heavy (non-hydrogen) atoms. The minimum atomic E-state index is -0.216. The number of aryl methyl sites for hydroxylation is 1. The van der Waals surface area contributed by atoms with E-state index in [1.165, 1.54) is 12.8 Å². The molecule has 1 aromatic carbocycles. The molecule has 144 valence electrons. The van der Waals surface area contributed by atoms with Gasteiger partial charge in [0.1, 0.15) is 0 Å². The fraction of sp³-hybridized carbons (Fsp3) is 0.400. The summed E-state index contributed by atoms with van der Waals surface area (Å²) in [6, 6.07) is 7.41. The Morgan fingerprint density at radius 2 is 1.85 bits per heavy atom. The molecular weight excluding hydrogens is 385 g/mol. The Balaban J connectivity index is 1.57. The highest BCUT2D eigenvalue weighted by Crippen LogP contribution is 2.38. The van der Waals surface area contributed by atoms with Gasteiger partial charge in [-0.15, -0.1) is 0 Å². The van der Waals surface area contributed by atoms with Crippen LogP contribution in [0.5, 0.6) is 0 Å². The van der Waals surface area contributed by atoms with Crippen LogP contribution in [0.15, 0.2) is 24.3 Å². The van der Waals surface area contributed by atoms with E-state index in [2.05, 4.69) is 9.88 Å². The molecule has 1 amide bonds. The lowest BCUT2D eigenvalue weighted by Gasteiger charge is -2.16. The maximum Gasteiger partial charge on any atom is 0.238 e. The molecule has 7 heteroatoms. The van der Waals surface area contributed by atoms with Crippen LogP contribution in [0.25, 0.3) is 0 Å². The van der Waals surface area contributed by atoms with E-state index >= 15 is 0 Å². The lowest BCUT2D eigenvalue weighted by atomic mass is 10.1. The van der Waals surface area contributed by atoms with Crippen molar-refractivity contribution in [2.24, 2.45) is 0 Å². The molecule has 0 bridgehead atoms. The van der Waals surface area contributed by atoms with E-state index in [9.17, 15) is 9.59 Å². The lowest BCUT2D eigenvalue weighted by Crippen LogP contribution is -2.34. The van der Waals surface area contributed by atoms with Gasteiger partial charge in [0.15, 0.2) is 5.78 Å². The molecule has 1 heterocycles. The number of aromatic nitrogens is 1. The van der Waals surface area contributed by atoms with Crippen LogP contribution >= 0.6 is 23.2 Å². The third-order valence-corrected chi connectivity index (χ3v) is 5.47. The first-order chi connectivity index (χ1) is 12.8. The minimum absolute atomic E-state index is 0.0276. The Labute approximate surface area is 169 Å². The first-order valence-corrected chi connectivity index (χ1v) is 9.67. The zero-order chi connectivity index (χ0) is 19.7. The van der Waals surface area contributed by atoms with Gasteiger partial charge in [-0.3, -0.25) is 14.5 Å². The molecule has 0 spiro atoms. The van der Waals surface area contributed by atoms with E-state index in [0.717, 1.165) is 17.0 Å². The van der Waals surface area contributed by atoms with Gasteiger partial charge in [-0.2, -0.15) is 0 Å². The van der Waals surface area contributed by atoms with Crippen LogP contribution < -0.4 is 5.32 Å². The van der Waals surface area contributed by atoms with Crippen LogP contribution in [0.2, 0.25) is 10.0 Å². The maximum absolute atomic E-state index is 12.7. The second-order valence-electron chi connectivity index (χ2n) is 7.16. The van der Waals surface area contributed by atoms with Crippen molar-refractivity contribution in [1.82, 2.24) is 9.47 Å². The predicted molar refractivity (Wildman–Crippen MR) is 109 cm³/mol. The molecule has 0 aliphatic heterocycles. The summed E-state index contributed by atoms with van der Waals surface area (Å²) in [5.41, 5.74) is 3.46. The average Bonchev–Trinajstić information content (AvgIpc) is 3.36. The Hall–Kier alpha value is -1.82. The highest BCUT2D eigenvalue weighted by atomic mass is 35.5. The van der Waals surface area contributed by atoms with Gasteiger partial charge in [0.05, 0.1) is 23.1 Å². The van der Waals surface area contributed by atoms with Crippen LogP contribution in [-0.2, 0) is 4.79 Å². The maximum atomic E-state index is 12.7. The molecule has 0 atom stereocenters. The molecule has 0 radical (unpaired) electrons.